The molecule has 0 aliphatic carbocycles. The maximum atomic E-state index is 12.7. The zero-order chi connectivity index (χ0) is 22.9. The molecule has 0 spiro atoms. The van der Waals surface area contributed by atoms with Crippen LogP contribution in [0.2, 0.25) is 5.02 Å². The van der Waals surface area contributed by atoms with Gasteiger partial charge in [-0.05, 0) is 63.1 Å². The van der Waals surface area contributed by atoms with Gasteiger partial charge >= 0.3 is 0 Å². The molecule has 1 heterocycles. The van der Waals surface area contributed by atoms with Crippen molar-refractivity contribution >= 4 is 38.9 Å². The molecule has 0 saturated carbocycles. The Kier molecular flexibility index (Phi) is 6.43. The highest BCUT2D eigenvalue weighted by Gasteiger charge is 2.17. The maximum Gasteiger partial charge on any atom is 0.229 e. The molecule has 1 aromatic heterocycles. The lowest BCUT2D eigenvalue weighted by Gasteiger charge is -2.11. The number of anilines is 2. The van der Waals surface area contributed by atoms with Gasteiger partial charge in [0.1, 0.15) is 0 Å². The van der Waals surface area contributed by atoms with Crippen molar-refractivity contribution in [3.63, 3.8) is 0 Å². The first-order chi connectivity index (χ1) is 14.4. The lowest BCUT2D eigenvalue weighted by molar-refractivity contribution is -0.115. The van der Waals surface area contributed by atoms with Crippen LogP contribution in [-0.2, 0) is 21.2 Å². The van der Waals surface area contributed by atoms with Crippen LogP contribution in [0.4, 0.5) is 11.4 Å². The first-order valence-corrected chi connectivity index (χ1v) is 11.9. The zero-order valence-electron chi connectivity index (χ0n) is 18.1. The van der Waals surface area contributed by atoms with Crippen LogP contribution in [0, 0.1) is 27.7 Å². The van der Waals surface area contributed by atoms with Gasteiger partial charge in [0.2, 0.25) is 15.9 Å². The van der Waals surface area contributed by atoms with Crippen LogP contribution < -0.4 is 10.0 Å². The minimum Gasteiger partial charge on any atom is -0.326 e. The summed E-state index contributed by atoms with van der Waals surface area (Å²) in [7, 11) is -3.42. The fourth-order valence-electron chi connectivity index (χ4n) is 3.27. The minimum atomic E-state index is -3.42. The van der Waals surface area contributed by atoms with E-state index in [0.29, 0.717) is 16.4 Å². The summed E-state index contributed by atoms with van der Waals surface area (Å²) in [5.41, 5.74) is 5.95. The second-order valence-electron chi connectivity index (χ2n) is 7.62. The summed E-state index contributed by atoms with van der Waals surface area (Å²) in [6.07, 6.45) is 1.22. The molecule has 0 unspecified atom stereocenters. The smallest absolute Gasteiger partial charge is 0.229 e. The summed E-state index contributed by atoms with van der Waals surface area (Å²) in [4.78, 5) is 12.7. The van der Waals surface area contributed by atoms with Crippen LogP contribution in [-0.4, -0.2) is 30.4 Å². The Balaban J connectivity index is 1.81. The number of rotatable bonds is 6. The van der Waals surface area contributed by atoms with E-state index < -0.39 is 10.0 Å². The average molecular weight is 461 g/mol. The van der Waals surface area contributed by atoms with Crippen molar-refractivity contribution in [2.75, 3.05) is 16.3 Å². The van der Waals surface area contributed by atoms with E-state index in [-0.39, 0.29) is 12.3 Å². The number of nitrogens with one attached hydrogen (secondary N) is 2. The predicted octanol–water partition coefficient (Wildman–Crippen LogP) is 4.31. The van der Waals surface area contributed by atoms with Crippen molar-refractivity contribution in [1.29, 1.82) is 0 Å². The second-order valence-corrected chi connectivity index (χ2v) is 9.78. The molecule has 3 aromatic rings. The van der Waals surface area contributed by atoms with Gasteiger partial charge in [-0.3, -0.25) is 9.52 Å². The highest BCUT2D eigenvalue weighted by atomic mass is 35.5. The van der Waals surface area contributed by atoms with Gasteiger partial charge in [0.15, 0.2) is 0 Å². The molecule has 0 bridgehead atoms. The molecule has 1 amide bonds. The van der Waals surface area contributed by atoms with E-state index in [1.165, 1.54) is 0 Å². The van der Waals surface area contributed by atoms with Crippen molar-refractivity contribution < 1.29 is 13.2 Å². The molecule has 0 aliphatic rings. The molecule has 0 aliphatic heterocycles. The molecule has 2 aromatic carbocycles. The molecule has 31 heavy (non-hydrogen) atoms. The number of hydrogen-bond acceptors (Lipinski definition) is 4. The number of nitrogens with zero attached hydrogens (tertiary/aromatic N) is 2. The normalized spacial score (nSPS) is 11.4. The Hall–Kier alpha value is -2.84. The molecule has 164 valence electrons. The lowest BCUT2D eigenvalue weighted by atomic mass is 10.1. The number of benzene rings is 2. The fraction of sp³-hybridized carbons (Fsp3) is 0.273. The number of carbonyl (C=O) groups is 1. The first-order valence-electron chi connectivity index (χ1n) is 9.64. The third kappa shape index (κ3) is 5.45. The van der Waals surface area contributed by atoms with Gasteiger partial charge < -0.3 is 5.32 Å². The topological polar surface area (TPSA) is 93.1 Å². The van der Waals surface area contributed by atoms with Gasteiger partial charge in [-0.25, -0.2) is 13.1 Å². The van der Waals surface area contributed by atoms with Crippen LogP contribution in [0.3, 0.4) is 0 Å². The summed E-state index contributed by atoms with van der Waals surface area (Å²) in [6.45, 7) is 7.50. The fourth-order valence-corrected chi connectivity index (χ4v) is 4.07. The number of aromatic nitrogens is 2. The molecule has 0 fully saturated rings. The molecule has 7 nitrogen and oxygen atoms in total. The van der Waals surface area contributed by atoms with Gasteiger partial charge in [-0.15, -0.1) is 0 Å². The Morgan fingerprint density at radius 1 is 1.06 bits per heavy atom. The highest BCUT2D eigenvalue weighted by Crippen LogP contribution is 2.24. The average Bonchev–Trinajstić information content (AvgIpc) is 2.94. The van der Waals surface area contributed by atoms with Crippen molar-refractivity contribution in [2.24, 2.45) is 0 Å². The molecule has 0 atom stereocenters. The largest absolute Gasteiger partial charge is 0.326 e. The molecule has 0 radical (unpaired) electrons. The van der Waals surface area contributed by atoms with Gasteiger partial charge in [-0.2, -0.15) is 5.10 Å². The molecular formula is C22H25ClN4O3S. The van der Waals surface area contributed by atoms with Crippen LogP contribution in [0.25, 0.3) is 5.69 Å². The SMILES string of the molecule is Cc1ccc(-n2nc(C)c(CC(=O)Nc3ccc(C)c(NS(C)(=O)=O)c3)c2C)cc1Cl. The molecule has 2 N–H and O–H groups in total. The quantitative estimate of drug-likeness (QED) is 0.573. The van der Waals surface area contributed by atoms with Crippen LogP contribution >= 0.6 is 11.6 Å². The molecule has 0 saturated heterocycles. The third-order valence-corrected chi connectivity index (χ3v) is 5.99. The summed E-state index contributed by atoms with van der Waals surface area (Å²) in [6, 6.07) is 10.8. The van der Waals surface area contributed by atoms with E-state index in [2.05, 4.69) is 15.1 Å². The van der Waals surface area contributed by atoms with Crippen LogP contribution in [0.15, 0.2) is 36.4 Å². The Labute approximate surface area is 187 Å². The van der Waals surface area contributed by atoms with E-state index in [4.69, 9.17) is 11.6 Å². The van der Waals surface area contributed by atoms with Gasteiger partial charge in [0.25, 0.3) is 0 Å². The zero-order valence-corrected chi connectivity index (χ0v) is 19.6. The van der Waals surface area contributed by atoms with Crippen molar-refractivity contribution in [1.82, 2.24) is 9.78 Å². The number of hydrogen-bond donors (Lipinski definition) is 2. The van der Waals surface area contributed by atoms with E-state index in [9.17, 15) is 13.2 Å². The van der Waals surface area contributed by atoms with Crippen LogP contribution in [0.5, 0.6) is 0 Å². The monoisotopic (exact) mass is 460 g/mol. The summed E-state index contributed by atoms with van der Waals surface area (Å²) >= 11 is 6.25. The number of amides is 1. The minimum absolute atomic E-state index is 0.139. The molecule has 9 heteroatoms. The molecular weight excluding hydrogens is 436 g/mol. The van der Waals surface area contributed by atoms with Crippen molar-refractivity contribution in [3.8, 4) is 5.69 Å². The van der Waals surface area contributed by atoms with E-state index in [0.717, 1.165) is 40.0 Å². The third-order valence-electron chi connectivity index (χ3n) is 5.00. The van der Waals surface area contributed by atoms with E-state index >= 15 is 0 Å². The second kappa shape index (κ2) is 8.72. The lowest BCUT2D eigenvalue weighted by Crippen LogP contribution is -2.16. The maximum absolute atomic E-state index is 12.7. The van der Waals surface area contributed by atoms with E-state index in [1.54, 1.807) is 29.8 Å². The van der Waals surface area contributed by atoms with Gasteiger partial charge in [-0.1, -0.05) is 23.7 Å². The number of sulfonamides is 1. The van der Waals surface area contributed by atoms with E-state index in [1.807, 2.05) is 39.0 Å². The predicted molar refractivity (Wildman–Crippen MR) is 125 cm³/mol. The van der Waals surface area contributed by atoms with Crippen molar-refractivity contribution in [3.05, 3.63) is 69.5 Å². The summed E-state index contributed by atoms with van der Waals surface area (Å²) < 4.78 is 27.3. The number of carbonyl (C=O) groups excluding carboxylic acids is 1. The summed E-state index contributed by atoms with van der Waals surface area (Å²) in [5, 5.41) is 8.07. The first kappa shape index (κ1) is 22.8. The standard InChI is InChI=1S/C22H25ClN4O3S/c1-13-7-9-18(11-20(13)23)27-16(4)19(15(3)25-27)12-22(28)24-17-8-6-14(2)21(10-17)26-31(5,29)30/h6-11,26H,12H2,1-5H3,(H,24,28). The Morgan fingerprint density at radius 3 is 2.39 bits per heavy atom. The van der Waals surface area contributed by atoms with Crippen LogP contribution in [0.1, 0.15) is 28.1 Å². The van der Waals surface area contributed by atoms with Gasteiger partial charge in [0, 0.05) is 22.0 Å². The number of halogens is 1. The Morgan fingerprint density at radius 2 is 1.74 bits per heavy atom. The summed E-state index contributed by atoms with van der Waals surface area (Å²) in [5.74, 6) is -0.221. The molecule has 3 rings (SSSR count). The number of aryl methyl sites for hydroxylation is 3. The Bertz CT molecular complexity index is 1270. The van der Waals surface area contributed by atoms with Gasteiger partial charge in [0.05, 0.1) is 29.7 Å². The highest BCUT2D eigenvalue weighted by molar-refractivity contribution is 7.92. The van der Waals surface area contributed by atoms with Crippen molar-refractivity contribution in [2.45, 2.75) is 34.1 Å².